The highest BCUT2D eigenvalue weighted by Gasteiger charge is 2.33. The number of nitrogens with zero attached hydrogens (tertiary/aromatic N) is 1. The average Bonchev–Trinajstić information content (AvgIpc) is 2.87. The topological polar surface area (TPSA) is 95.6 Å². The highest BCUT2D eigenvalue weighted by Crippen LogP contribution is 2.28. The quantitative estimate of drug-likeness (QED) is 0.633. The van der Waals surface area contributed by atoms with Gasteiger partial charge in [0.1, 0.15) is 6.04 Å². The molecule has 8 heteroatoms. The first-order valence-corrected chi connectivity index (χ1v) is 13.5. The number of carbonyl (C=O) groups excluding carboxylic acids is 2. The molecule has 0 saturated carbocycles. The van der Waals surface area contributed by atoms with E-state index in [9.17, 15) is 18.0 Å². The average molecular weight is 484 g/mol. The van der Waals surface area contributed by atoms with E-state index in [0.717, 1.165) is 36.8 Å². The molecule has 0 radical (unpaired) electrons. The van der Waals surface area contributed by atoms with Crippen LogP contribution in [-0.2, 0) is 39.0 Å². The molecule has 0 aromatic heterocycles. The van der Waals surface area contributed by atoms with Crippen LogP contribution in [0.1, 0.15) is 49.3 Å². The van der Waals surface area contributed by atoms with E-state index in [1.807, 2.05) is 42.5 Å². The summed E-state index contributed by atoms with van der Waals surface area (Å²) in [5.74, 6) is -0.753. The Labute approximate surface area is 202 Å². The number of sulfonamides is 1. The van der Waals surface area contributed by atoms with Crippen LogP contribution in [0.4, 0.5) is 0 Å². The van der Waals surface area contributed by atoms with Crippen LogP contribution >= 0.6 is 0 Å². The van der Waals surface area contributed by atoms with Crippen molar-refractivity contribution in [2.24, 2.45) is 5.92 Å². The smallest absolute Gasteiger partial charge is 0.243 e. The fraction of sp³-hybridized carbons (Fsp3) is 0.462. The van der Waals surface area contributed by atoms with Crippen LogP contribution in [0.15, 0.2) is 53.4 Å². The maximum absolute atomic E-state index is 13.2. The van der Waals surface area contributed by atoms with Gasteiger partial charge in [-0.2, -0.15) is 4.31 Å². The van der Waals surface area contributed by atoms with E-state index in [4.69, 9.17) is 0 Å². The van der Waals surface area contributed by atoms with Gasteiger partial charge in [-0.1, -0.05) is 36.4 Å². The van der Waals surface area contributed by atoms with E-state index in [2.05, 4.69) is 10.6 Å². The molecular weight excluding hydrogens is 450 g/mol. The van der Waals surface area contributed by atoms with Gasteiger partial charge in [-0.05, 0) is 74.3 Å². The molecule has 1 atom stereocenters. The fourth-order valence-corrected chi connectivity index (χ4v) is 6.23. The van der Waals surface area contributed by atoms with Crippen molar-refractivity contribution in [3.05, 3.63) is 65.2 Å². The summed E-state index contributed by atoms with van der Waals surface area (Å²) in [7, 11) is -3.58. The minimum Gasteiger partial charge on any atom is -0.350 e. The Kier molecular flexibility index (Phi) is 7.68. The highest BCUT2D eigenvalue weighted by atomic mass is 32.2. The van der Waals surface area contributed by atoms with Crippen molar-refractivity contribution in [2.45, 2.75) is 62.9 Å². The molecule has 7 nitrogen and oxygen atoms in total. The zero-order chi connectivity index (χ0) is 24.1. The lowest BCUT2D eigenvalue weighted by atomic mass is 9.92. The SMILES string of the molecule is CC(NC(=O)C1CCN(S(=O)(=O)c2ccc3c(c2)CCCC3)CC1)C(=O)NCc1ccccc1. The summed E-state index contributed by atoms with van der Waals surface area (Å²) in [5, 5.41) is 5.62. The molecule has 34 heavy (non-hydrogen) atoms. The van der Waals surface area contributed by atoms with Gasteiger partial charge < -0.3 is 10.6 Å². The molecule has 2 aromatic rings. The minimum absolute atomic E-state index is 0.201. The Hall–Kier alpha value is -2.71. The van der Waals surface area contributed by atoms with E-state index >= 15 is 0 Å². The molecule has 2 aromatic carbocycles. The van der Waals surface area contributed by atoms with Crippen LogP contribution in [0.3, 0.4) is 0 Å². The minimum atomic E-state index is -3.58. The van der Waals surface area contributed by atoms with E-state index in [1.54, 1.807) is 13.0 Å². The normalized spacial score (nSPS) is 18.0. The molecule has 4 rings (SSSR count). The fourth-order valence-electron chi connectivity index (χ4n) is 4.71. The first-order chi connectivity index (χ1) is 16.3. The second kappa shape index (κ2) is 10.7. The molecule has 2 amide bonds. The number of piperidine rings is 1. The van der Waals surface area contributed by atoms with Crippen molar-refractivity contribution in [3.63, 3.8) is 0 Å². The van der Waals surface area contributed by atoms with Crippen molar-refractivity contribution >= 4 is 21.8 Å². The zero-order valence-corrected chi connectivity index (χ0v) is 20.4. The first-order valence-electron chi connectivity index (χ1n) is 12.1. The number of aryl methyl sites for hydroxylation is 2. The van der Waals surface area contributed by atoms with Crippen LogP contribution in [-0.4, -0.2) is 43.7 Å². The maximum atomic E-state index is 13.2. The van der Waals surface area contributed by atoms with Crippen molar-refractivity contribution in [1.82, 2.24) is 14.9 Å². The molecule has 1 unspecified atom stereocenters. The Balaban J connectivity index is 1.28. The van der Waals surface area contributed by atoms with Gasteiger partial charge in [0.15, 0.2) is 0 Å². The lowest BCUT2D eigenvalue weighted by Crippen LogP contribution is -2.49. The van der Waals surface area contributed by atoms with E-state index in [0.29, 0.717) is 37.4 Å². The number of rotatable bonds is 7. The Morgan fingerprint density at radius 1 is 1.00 bits per heavy atom. The number of benzene rings is 2. The number of hydrogen-bond acceptors (Lipinski definition) is 4. The second-order valence-corrected chi connectivity index (χ2v) is 11.2. The van der Waals surface area contributed by atoms with Gasteiger partial charge in [0, 0.05) is 25.6 Å². The number of carbonyl (C=O) groups is 2. The van der Waals surface area contributed by atoms with Crippen molar-refractivity contribution in [3.8, 4) is 0 Å². The van der Waals surface area contributed by atoms with Gasteiger partial charge in [-0.25, -0.2) is 8.42 Å². The maximum Gasteiger partial charge on any atom is 0.243 e. The molecule has 1 fully saturated rings. The lowest BCUT2D eigenvalue weighted by Gasteiger charge is -2.31. The van der Waals surface area contributed by atoms with Gasteiger partial charge in [-0.15, -0.1) is 0 Å². The first kappa shape index (κ1) is 24.4. The Bertz CT molecular complexity index is 1130. The van der Waals surface area contributed by atoms with Crippen LogP contribution in [0, 0.1) is 5.92 Å². The molecule has 2 N–H and O–H groups in total. The summed E-state index contributed by atoms with van der Waals surface area (Å²) in [6.45, 7) is 2.66. The van der Waals surface area contributed by atoms with E-state index < -0.39 is 16.1 Å². The predicted molar refractivity (Wildman–Crippen MR) is 130 cm³/mol. The molecule has 0 spiro atoms. The largest absolute Gasteiger partial charge is 0.350 e. The van der Waals surface area contributed by atoms with Crippen LogP contribution in [0.5, 0.6) is 0 Å². The summed E-state index contributed by atoms with van der Waals surface area (Å²) >= 11 is 0. The number of hydrogen-bond donors (Lipinski definition) is 2. The molecule has 0 bridgehead atoms. The van der Waals surface area contributed by atoms with E-state index in [-0.39, 0.29) is 17.7 Å². The van der Waals surface area contributed by atoms with Gasteiger partial charge in [0.25, 0.3) is 0 Å². The zero-order valence-electron chi connectivity index (χ0n) is 19.6. The van der Waals surface area contributed by atoms with Crippen LogP contribution < -0.4 is 10.6 Å². The third kappa shape index (κ3) is 5.67. The molecule has 1 saturated heterocycles. The summed E-state index contributed by atoms with van der Waals surface area (Å²) in [6.07, 6.45) is 5.07. The summed E-state index contributed by atoms with van der Waals surface area (Å²) in [4.78, 5) is 25.4. The molecule has 1 aliphatic carbocycles. The number of nitrogens with one attached hydrogen (secondary N) is 2. The number of amides is 2. The summed E-state index contributed by atoms with van der Waals surface area (Å²) in [5.41, 5.74) is 3.38. The molecule has 182 valence electrons. The molecular formula is C26H33N3O4S. The molecule has 2 aliphatic rings. The Morgan fingerprint density at radius 3 is 2.38 bits per heavy atom. The Morgan fingerprint density at radius 2 is 1.68 bits per heavy atom. The monoisotopic (exact) mass is 483 g/mol. The van der Waals surface area contributed by atoms with Gasteiger partial charge >= 0.3 is 0 Å². The lowest BCUT2D eigenvalue weighted by molar-refractivity contribution is -0.131. The van der Waals surface area contributed by atoms with Crippen molar-refractivity contribution in [2.75, 3.05) is 13.1 Å². The highest BCUT2D eigenvalue weighted by molar-refractivity contribution is 7.89. The third-order valence-corrected chi connectivity index (χ3v) is 8.74. The van der Waals surface area contributed by atoms with Gasteiger partial charge in [0.2, 0.25) is 21.8 Å². The van der Waals surface area contributed by atoms with Crippen molar-refractivity contribution < 1.29 is 18.0 Å². The number of fused-ring (bicyclic) bond motifs is 1. The third-order valence-electron chi connectivity index (χ3n) is 6.84. The van der Waals surface area contributed by atoms with Crippen molar-refractivity contribution in [1.29, 1.82) is 0 Å². The predicted octanol–water partition coefficient (Wildman–Crippen LogP) is 2.79. The molecule has 1 heterocycles. The van der Waals surface area contributed by atoms with Crippen LogP contribution in [0.2, 0.25) is 0 Å². The van der Waals surface area contributed by atoms with E-state index in [1.165, 1.54) is 9.87 Å². The van der Waals surface area contributed by atoms with Gasteiger partial charge in [0.05, 0.1) is 4.90 Å². The van der Waals surface area contributed by atoms with Gasteiger partial charge in [-0.3, -0.25) is 9.59 Å². The molecule has 1 aliphatic heterocycles. The van der Waals surface area contributed by atoms with Crippen LogP contribution in [0.25, 0.3) is 0 Å². The summed E-state index contributed by atoms with van der Waals surface area (Å²) < 4.78 is 27.8. The summed E-state index contributed by atoms with van der Waals surface area (Å²) in [6, 6.07) is 14.4. The standard InChI is InChI=1S/C26H33N3O4S/c1-19(25(30)27-18-20-7-3-2-4-8-20)28-26(31)22-13-15-29(16-14-22)34(32,33)24-12-11-21-9-5-6-10-23(21)17-24/h2-4,7-8,11-12,17,19,22H,5-6,9-10,13-16,18H2,1H3,(H,27,30)(H,28,31). The second-order valence-electron chi connectivity index (χ2n) is 9.25.